The molecule has 1 N–H and O–H groups in total. The van der Waals surface area contributed by atoms with E-state index in [4.69, 9.17) is 4.74 Å². The van der Waals surface area contributed by atoms with E-state index in [1.807, 2.05) is 39.0 Å². The molecule has 0 radical (unpaired) electrons. The van der Waals surface area contributed by atoms with Gasteiger partial charge in [0.1, 0.15) is 5.60 Å². The van der Waals surface area contributed by atoms with Gasteiger partial charge < -0.3 is 15.0 Å². The van der Waals surface area contributed by atoms with E-state index in [1.54, 1.807) is 17.0 Å². The van der Waals surface area contributed by atoms with Crippen molar-refractivity contribution < 1.29 is 14.3 Å². The number of benzene rings is 1. The monoisotopic (exact) mass is 304 g/mol. The SMILES string of the molecule is CC(C)(C)OC(=O)N1CCC[C@@H]1CNC(=O)c1ccccc1. The predicted octanol–water partition coefficient (Wildman–Crippen LogP) is 2.82. The highest BCUT2D eigenvalue weighted by atomic mass is 16.6. The van der Waals surface area contributed by atoms with Crippen LogP contribution >= 0.6 is 0 Å². The van der Waals surface area contributed by atoms with Gasteiger partial charge in [-0.05, 0) is 45.7 Å². The minimum atomic E-state index is -0.502. The van der Waals surface area contributed by atoms with Gasteiger partial charge in [0.05, 0.1) is 6.04 Å². The third kappa shape index (κ3) is 4.48. The molecule has 5 nitrogen and oxygen atoms in total. The van der Waals surface area contributed by atoms with Gasteiger partial charge in [0, 0.05) is 18.7 Å². The van der Waals surface area contributed by atoms with Gasteiger partial charge in [-0.3, -0.25) is 4.79 Å². The Morgan fingerprint density at radius 2 is 1.95 bits per heavy atom. The molecule has 1 aromatic rings. The fraction of sp³-hybridized carbons (Fsp3) is 0.529. The molecule has 0 saturated carbocycles. The maximum absolute atomic E-state index is 12.2. The third-order valence-electron chi connectivity index (χ3n) is 3.54. The molecule has 0 bridgehead atoms. The Balaban J connectivity index is 1.89. The summed E-state index contributed by atoms with van der Waals surface area (Å²) in [6.45, 7) is 6.70. The lowest BCUT2D eigenvalue weighted by Gasteiger charge is -2.28. The van der Waals surface area contributed by atoms with Gasteiger partial charge in [-0.1, -0.05) is 18.2 Å². The summed E-state index contributed by atoms with van der Waals surface area (Å²) in [5, 5.41) is 2.90. The summed E-state index contributed by atoms with van der Waals surface area (Å²) < 4.78 is 5.42. The quantitative estimate of drug-likeness (QED) is 0.934. The maximum Gasteiger partial charge on any atom is 0.410 e. The Labute approximate surface area is 131 Å². The second kappa shape index (κ2) is 6.81. The van der Waals surface area contributed by atoms with Crippen LogP contribution in [0.3, 0.4) is 0 Å². The van der Waals surface area contributed by atoms with Crippen LogP contribution in [0.25, 0.3) is 0 Å². The maximum atomic E-state index is 12.2. The van der Waals surface area contributed by atoms with Crippen molar-refractivity contribution in [3.05, 3.63) is 35.9 Å². The topological polar surface area (TPSA) is 58.6 Å². The molecule has 1 aliphatic rings. The molecule has 1 saturated heterocycles. The van der Waals surface area contributed by atoms with E-state index in [1.165, 1.54) is 0 Å². The molecule has 1 fully saturated rings. The van der Waals surface area contributed by atoms with Gasteiger partial charge in [-0.25, -0.2) is 4.79 Å². The molecule has 1 aromatic carbocycles. The largest absolute Gasteiger partial charge is 0.444 e. The predicted molar refractivity (Wildman–Crippen MR) is 84.7 cm³/mol. The minimum absolute atomic E-state index is 0.00233. The number of ether oxygens (including phenoxy) is 1. The smallest absolute Gasteiger partial charge is 0.410 e. The number of carbonyl (C=O) groups excluding carboxylic acids is 2. The van der Waals surface area contributed by atoms with Crippen LogP contribution in [0.1, 0.15) is 44.0 Å². The highest BCUT2D eigenvalue weighted by Crippen LogP contribution is 2.20. The molecule has 0 spiro atoms. The van der Waals surface area contributed by atoms with Crippen LogP contribution in [0, 0.1) is 0 Å². The fourth-order valence-electron chi connectivity index (χ4n) is 2.51. The van der Waals surface area contributed by atoms with Crippen LogP contribution in [-0.4, -0.2) is 41.6 Å². The van der Waals surface area contributed by atoms with E-state index in [2.05, 4.69) is 5.32 Å². The van der Waals surface area contributed by atoms with E-state index in [-0.39, 0.29) is 18.0 Å². The standard InChI is InChI=1S/C17H24N2O3/c1-17(2,3)22-16(21)19-11-7-10-14(19)12-18-15(20)13-8-5-4-6-9-13/h4-6,8-9,14H,7,10-12H2,1-3H3,(H,18,20)/t14-/m1/s1. The average molecular weight is 304 g/mol. The summed E-state index contributed by atoms with van der Waals surface area (Å²) in [6.07, 6.45) is 1.52. The van der Waals surface area contributed by atoms with Crippen molar-refractivity contribution in [2.24, 2.45) is 0 Å². The summed E-state index contributed by atoms with van der Waals surface area (Å²) in [4.78, 5) is 26.0. The molecule has 2 rings (SSSR count). The first-order valence-corrected chi connectivity index (χ1v) is 7.70. The van der Waals surface area contributed by atoms with E-state index >= 15 is 0 Å². The van der Waals surface area contributed by atoms with E-state index < -0.39 is 5.60 Å². The van der Waals surface area contributed by atoms with Crippen LogP contribution in [0.4, 0.5) is 4.79 Å². The average Bonchev–Trinajstić information content (AvgIpc) is 2.92. The van der Waals surface area contributed by atoms with Crippen molar-refractivity contribution in [2.45, 2.75) is 45.3 Å². The summed E-state index contributed by atoms with van der Waals surface area (Å²) >= 11 is 0. The Hall–Kier alpha value is -2.04. The molecule has 2 amide bonds. The van der Waals surface area contributed by atoms with E-state index in [9.17, 15) is 9.59 Å². The first kappa shape index (κ1) is 16.3. The van der Waals surface area contributed by atoms with Crippen molar-refractivity contribution >= 4 is 12.0 Å². The Morgan fingerprint density at radius 1 is 1.27 bits per heavy atom. The normalized spacial score (nSPS) is 18.1. The highest BCUT2D eigenvalue weighted by molar-refractivity contribution is 5.94. The number of rotatable bonds is 3. The molecule has 1 atom stereocenters. The van der Waals surface area contributed by atoms with Crippen LogP contribution in [0.2, 0.25) is 0 Å². The second-order valence-corrected chi connectivity index (χ2v) is 6.55. The Bertz CT molecular complexity index is 522. The molecule has 1 aliphatic heterocycles. The highest BCUT2D eigenvalue weighted by Gasteiger charge is 2.32. The minimum Gasteiger partial charge on any atom is -0.444 e. The zero-order valence-electron chi connectivity index (χ0n) is 13.5. The molecule has 0 aromatic heterocycles. The van der Waals surface area contributed by atoms with Gasteiger partial charge in [0.15, 0.2) is 0 Å². The van der Waals surface area contributed by atoms with Crippen molar-refractivity contribution in [3.8, 4) is 0 Å². The number of likely N-dealkylation sites (tertiary alicyclic amines) is 1. The van der Waals surface area contributed by atoms with Gasteiger partial charge in [0.25, 0.3) is 5.91 Å². The lowest BCUT2D eigenvalue weighted by atomic mass is 10.2. The number of hydrogen-bond acceptors (Lipinski definition) is 3. The molecule has 22 heavy (non-hydrogen) atoms. The number of nitrogens with zero attached hydrogens (tertiary/aromatic N) is 1. The number of nitrogens with one attached hydrogen (secondary N) is 1. The third-order valence-corrected chi connectivity index (χ3v) is 3.54. The fourth-order valence-corrected chi connectivity index (χ4v) is 2.51. The molecule has 0 unspecified atom stereocenters. The van der Waals surface area contributed by atoms with Crippen LogP contribution in [-0.2, 0) is 4.74 Å². The molecule has 1 heterocycles. The van der Waals surface area contributed by atoms with Gasteiger partial charge in [-0.2, -0.15) is 0 Å². The molecular formula is C17H24N2O3. The molecule has 120 valence electrons. The lowest BCUT2D eigenvalue weighted by molar-refractivity contribution is 0.0225. The van der Waals surface area contributed by atoms with E-state index in [0.717, 1.165) is 12.8 Å². The molecule has 0 aliphatic carbocycles. The zero-order chi connectivity index (χ0) is 16.2. The Kier molecular flexibility index (Phi) is 5.06. The lowest BCUT2D eigenvalue weighted by Crippen LogP contribution is -2.45. The van der Waals surface area contributed by atoms with Gasteiger partial charge in [0.2, 0.25) is 0 Å². The number of hydrogen-bond donors (Lipinski definition) is 1. The number of carbonyl (C=O) groups is 2. The van der Waals surface area contributed by atoms with E-state index in [0.29, 0.717) is 18.7 Å². The number of amides is 2. The van der Waals surface area contributed by atoms with Crippen molar-refractivity contribution in [3.63, 3.8) is 0 Å². The first-order chi connectivity index (χ1) is 10.4. The second-order valence-electron chi connectivity index (χ2n) is 6.55. The zero-order valence-corrected chi connectivity index (χ0v) is 13.5. The van der Waals surface area contributed by atoms with Crippen molar-refractivity contribution in [1.29, 1.82) is 0 Å². The van der Waals surface area contributed by atoms with Gasteiger partial charge in [-0.15, -0.1) is 0 Å². The molecular weight excluding hydrogens is 280 g/mol. The van der Waals surface area contributed by atoms with Crippen LogP contribution in [0.15, 0.2) is 30.3 Å². The Morgan fingerprint density at radius 3 is 2.59 bits per heavy atom. The van der Waals surface area contributed by atoms with Crippen LogP contribution < -0.4 is 5.32 Å². The van der Waals surface area contributed by atoms with Gasteiger partial charge >= 0.3 is 6.09 Å². The first-order valence-electron chi connectivity index (χ1n) is 7.70. The summed E-state index contributed by atoms with van der Waals surface area (Å²) in [5.74, 6) is -0.114. The van der Waals surface area contributed by atoms with Crippen molar-refractivity contribution in [2.75, 3.05) is 13.1 Å². The molecule has 5 heteroatoms. The van der Waals surface area contributed by atoms with Crippen molar-refractivity contribution in [1.82, 2.24) is 10.2 Å². The van der Waals surface area contributed by atoms with Crippen LogP contribution in [0.5, 0.6) is 0 Å². The summed E-state index contributed by atoms with van der Waals surface area (Å²) in [6, 6.07) is 9.08. The summed E-state index contributed by atoms with van der Waals surface area (Å²) in [5.41, 5.74) is 0.127. The summed E-state index contributed by atoms with van der Waals surface area (Å²) in [7, 11) is 0.